The molecular weight excluding hydrogens is 130 g/mol. The number of hydrogen-bond donors (Lipinski definition) is 1. The first kappa shape index (κ1) is 8.78. The lowest BCUT2D eigenvalue weighted by atomic mass is 10.4. The molecule has 0 unspecified atom stereocenters. The number of aliphatic hydroxyl groups excluding tert-OH is 1. The predicted octanol–water partition coefficient (Wildman–Crippen LogP) is 0.649. The van der Waals surface area contributed by atoms with Gasteiger partial charge < -0.3 is 9.84 Å². The van der Waals surface area contributed by atoms with Crippen molar-refractivity contribution in [2.24, 2.45) is 0 Å². The van der Waals surface area contributed by atoms with E-state index in [1.807, 2.05) is 0 Å². The van der Waals surface area contributed by atoms with Gasteiger partial charge in [0.1, 0.15) is 6.61 Å². The lowest BCUT2D eigenvalue weighted by Crippen LogP contribution is -2.14. The van der Waals surface area contributed by atoms with Crippen LogP contribution in [-0.4, -0.2) is 30.8 Å². The van der Waals surface area contributed by atoms with Crippen molar-refractivity contribution in [1.82, 2.24) is 0 Å². The summed E-state index contributed by atoms with van der Waals surface area (Å²) >= 11 is 0. The summed E-state index contributed by atoms with van der Waals surface area (Å²) in [6.45, 7) is 0.862. The van der Waals surface area contributed by atoms with Crippen molar-refractivity contribution in [3.63, 3.8) is 0 Å². The topological polar surface area (TPSA) is 29.5 Å². The van der Waals surface area contributed by atoms with Crippen LogP contribution in [-0.2, 0) is 4.74 Å². The number of alkyl halides is 2. The highest BCUT2D eigenvalue weighted by Gasteiger charge is 2.02. The fraction of sp³-hybridized carbons (Fsp3) is 1.00. The van der Waals surface area contributed by atoms with Crippen molar-refractivity contribution in [3.05, 3.63) is 0 Å². The van der Waals surface area contributed by atoms with Crippen molar-refractivity contribution >= 4 is 0 Å². The van der Waals surface area contributed by atoms with Gasteiger partial charge in [-0.1, -0.05) is 0 Å². The zero-order valence-electron chi connectivity index (χ0n) is 5.18. The van der Waals surface area contributed by atoms with Crippen LogP contribution in [0.5, 0.6) is 0 Å². The normalized spacial score (nSPS) is 14.3. The third kappa shape index (κ3) is 7.78. The van der Waals surface area contributed by atoms with Crippen molar-refractivity contribution in [3.8, 4) is 0 Å². The second-order valence-electron chi connectivity index (χ2n) is 1.78. The molecule has 0 radical (unpaired) electrons. The lowest BCUT2D eigenvalue weighted by Gasteiger charge is -2.03. The van der Waals surface area contributed by atoms with Crippen LogP contribution in [0.15, 0.2) is 0 Å². The molecule has 0 aliphatic rings. The summed E-state index contributed by atoms with van der Waals surface area (Å²) in [4.78, 5) is 0. The Kier molecular flexibility index (Phi) is 4.53. The van der Waals surface area contributed by atoms with E-state index in [1.54, 1.807) is 0 Å². The minimum absolute atomic E-state index is 0.0235. The number of aliphatic hydroxyl groups is 1. The smallest absolute Gasteiger partial charge is 0.261 e. The molecule has 0 saturated carbocycles. The van der Waals surface area contributed by atoms with Gasteiger partial charge >= 0.3 is 0 Å². The zero-order chi connectivity index (χ0) is 7.28. The van der Waals surface area contributed by atoms with E-state index in [1.165, 1.54) is 6.92 Å². The fourth-order valence-corrected chi connectivity index (χ4v) is 0.328. The average molecular weight is 140 g/mol. The summed E-state index contributed by atoms with van der Waals surface area (Å²) in [6.07, 6.45) is -3.10. The van der Waals surface area contributed by atoms with Gasteiger partial charge in [-0.25, -0.2) is 8.78 Å². The minimum atomic E-state index is -2.44. The molecular formula is C5H10F2O2. The van der Waals surface area contributed by atoms with E-state index in [0.29, 0.717) is 0 Å². The fourth-order valence-electron chi connectivity index (χ4n) is 0.328. The first-order valence-corrected chi connectivity index (χ1v) is 2.67. The Morgan fingerprint density at radius 1 is 1.44 bits per heavy atom. The largest absolute Gasteiger partial charge is 0.391 e. The van der Waals surface area contributed by atoms with Crippen molar-refractivity contribution in [2.45, 2.75) is 19.5 Å². The van der Waals surface area contributed by atoms with Crippen LogP contribution >= 0.6 is 0 Å². The van der Waals surface area contributed by atoms with Gasteiger partial charge in [0.05, 0.1) is 12.7 Å². The second kappa shape index (κ2) is 4.64. The molecule has 0 saturated heterocycles. The SMILES string of the molecule is C[C@H](O)COCC(F)F. The van der Waals surface area contributed by atoms with E-state index in [9.17, 15) is 8.78 Å². The molecule has 1 N–H and O–H groups in total. The molecule has 9 heavy (non-hydrogen) atoms. The molecule has 1 atom stereocenters. The van der Waals surface area contributed by atoms with Gasteiger partial charge in [0.15, 0.2) is 0 Å². The Labute approximate surface area is 52.4 Å². The van der Waals surface area contributed by atoms with E-state index >= 15 is 0 Å². The van der Waals surface area contributed by atoms with E-state index < -0.39 is 19.1 Å². The van der Waals surface area contributed by atoms with Gasteiger partial charge in [-0.05, 0) is 6.92 Å². The minimum Gasteiger partial charge on any atom is -0.391 e. The van der Waals surface area contributed by atoms with Crippen LogP contribution in [0.4, 0.5) is 8.78 Å². The summed E-state index contributed by atoms with van der Waals surface area (Å²) < 4.78 is 26.9. The molecule has 0 aromatic carbocycles. The summed E-state index contributed by atoms with van der Waals surface area (Å²) in [5.74, 6) is 0. The zero-order valence-corrected chi connectivity index (χ0v) is 5.18. The first-order chi connectivity index (χ1) is 4.13. The van der Waals surface area contributed by atoms with Crippen LogP contribution in [0, 0.1) is 0 Å². The monoisotopic (exact) mass is 140 g/mol. The van der Waals surface area contributed by atoms with Gasteiger partial charge in [0, 0.05) is 0 Å². The van der Waals surface area contributed by atoms with Crippen LogP contribution in [0.2, 0.25) is 0 Å². The third-order valence-corrected chi connectivity index (χ3v) is 0.603. The average Bonchev–Trinajstić information content (AvgIpc) is 1.63. The summed E-state index contributed by atoms with van der Waals surface area (Å²) in [6, 6.07) is 0. The van der Waals surface area contributed by atoms with E-state index in [-0.39, 0.29) is 6.61 Å². The molecule has 0 spiro atoms. The summed E-state index contributed by atoms with van der Waals surface area (Å²) in [7, 11) is 0. The number of halogens is 2. The lowest BCUT2D eigenvalue weighted by molar-refractivity contribution is -0.0150. The predicted molar refractivity (Wildman–Crippen MR) is 28.5 cm³/mol. The van der Waals surface area contributed by atoms with E-state index in [4.69, 9.17) is 5.11 Å². The molecule has 0 bridgehead atoms. The van der Waals surface area contributed by atoms with Crippen molar-refractivity contribution in [1.29, 1.82) is 0 Å². The maximum Gasteiger partial charge on any atom is 0.261 e. The van der Waals surface area contributed by atoms with Crippen LogP contribution in [0.1, 0.15) is 6.92 Å². The van der Waals surface area contributed by atoms with Crippen LogP contribution in [0.25, 0.3) is 0 Å². The number of hydrogen-bond acceptors (Lipinski definition) is 2. The van der Waals surface area contributed by atoms with Crippen LogP contribution < -0.4 is 0 Å². The summed E-state index contributed by atoms with van der Waals surface area (Å²) in [5, 5.41) is 8.50. The molecule has 0 aromatic rings. The maximum absolute atomic E-state index is 11.3. The Balaban J connectivity index is 2.91. The molecule has 0 amide bonds. The van der Waals surface area contributed by atoms with Crippen molar-refractivity contribution < 1.29 is 18.6 Å². The standard InChI is InChI=1S/C5H10F2O2/c1-4(8)2-9-3-5(6)7/h4-5,8H,2-3H2,1H3/t4-/m0/s1. The number of ether oxygens (including phenoxy) is 1. The maximum atomic E-state index is 11.3. The van der Waals surface area contributed by atoms with Gasteiger partial charge in [-0.15, -0.1) is 0 Å². The van der Waals surface area contributed by atoms with Gasteiger partial charge in [0.25, 0.3) is 6.43 Å². The molecule has 0 rings (SSSR count). The highest BCUT2D eigenvalue weighted by atomic mass is 19.3. The molecule has 4 heteroatoms. The second-order valence-corrected chi connectivity index (χ2v) is 1.78. The Bertz CT molecular complexity index is 58.0. The number of rotatable bonds is 4. The molecule has 56 valence electrons. The Morgan fingerprint density at radius 3 is 2.33 bits per heavy atom. The Morgan fingerprint density at radius 2 is 2.00 bits per heavy atom. The molecule has 0 heterocycles. The van der Waals surface area contributed by atoms with E-state index in [2.05, 4.69) is 4.74 Å². The third-order valence-electron chi connectivity index (χ3n) is 0.603. The molecule has 0 aromatic heterocycles. The quantitative estimate of drug-likeness (QED) is 0.621. The molecule has 0 aliphatic heterocycles. The molecule has 0 aliphatic carbocycles. The highest BCUT2D eigenvalue weighted by Crippen LogP contribution is 1.92. The van der Waals surface area contributed by atoms with Crippen molar-refractivity contribution in [2.75, 3.05) is 13.2 Å². The molecule has 2 nitrogen and oxygen atoms in total. The summed E-state index contributed by atoms with van der Waals surface area (Å²) in [5.41, 5.74) is 0. The highest BCUT2D eigenvalue weighted by molar-refractivity contribution is 4.41. The van der Waals surface area contributed by atoms with E-state index in [0.717, 1.165) is 0 Å². The first-order valence-electron chi connectivity index (χ1n) is 2.67. The van der Waals surface area contributed by atoms with Gasteiger partial charge in [0.2, 0.25) is 0 Å². The van der Waals surface area contributed by atoms with Gasteiger partial charge in [-0.2, -0.15) is 0 Å². The van der Waals surface area contributed by atoms with Crippen LogP contribution in [0.3, 0.4) is 0 Å². The molecule has 0 fully saturated rings. The Hall–Kier alpha value is -0.220. The van der Waals surface area contributed by atoms with Gasteiger partial charge in [-0.3, -0.25) is 0 Å².